The van der Waals surface area contributed by atoms with Gasteiger partial charge in [0.25, 0.3) is 11.8 Å². The Bertz CT molecular complexity index is 1350. The van der Waals surface area contributed by atoms with Crippen LogP contribution in [0.5, 0.6) is 0 Å². The third-order valence-corrected chi connectivity index (χ3v) is 8.41. The van der Waals surface area contributed by atoms with Gasteiger partial charge in [0.2, 0.25) is 23.2 Å². The number of nitrogens with one attached hydrogen (secondary N) is 1. The topological polar surface area (TPSA) is 232 Å². The van der Waals surface area contributed by atoms with E-state index in [1.54, 1.807) is 10.6 Å². The van der Waals surface area contributed by atoms with Crippen LogP contribution in [0.25, 0.3) is 0 Å². The van der Waals surface area contributed by atoms with Crippen LogP contribution >= 0.6 is 35.1 Å². The highest BCUT2D eigenvalue weighted by atomic mass is 32.2. The minimum absolute atomic E-state index is 0.0579. The maximum atomic E-state index is 13.0. The molecule has 4 heterocycles. The number of nitrogen functional groups attached to an aromatic ring is 3. The summed E-state index contributed by atoms with van der Waals surface area (Å²) in [5, 5.41) is 18.3. The van der Waals surface area contributed by atoms with E-state index in [9.17, 15) is 19.5 Å². The number of fused-ring (bicyclic) bond motifs is 1. The van der Waals surface area contributed by atoms with Gasteiger partial charge in [0.15, 0.2) is 5.13 Å². The molecule has 0 radical (unpaired) electrons. The van der Waals surface area contributed by atoms with E-state index in [-0.39, 0.29) is 39.7 Å². The fraction of sp³-hybridized carbons (Fsp3) is 0.400. The molecule has 1 saturated heterocycles. The molecule has 0 bridgehead atoms. The fourth-order valence-electron chi connectivity index (χ4n) is 3.85. The van der Waals surface area contributed by atoms with Crippen molar-refractivity contribution in [3.05, 3.63) is 23.2 Å². The van der Waals surface area contributed by atoms with Gasteiger partial charge in [0, 0.05) is 23.0 Å². The average Bonchev–Trinajstić information content (AvgIpc) is 3.31. The Hall–Kier alpha value is -3.64. The van der Waals surface area contributed by atoms with Crippen LogP contribution in [0.2, 0.25) is 0 Å². The minimum atomic E-state index is -1.49. The molecule has 2 amide bonds. The van der Waals surface area contributed by atoms with E-state index in [1.165, 1.54) is 30.6 Å². The van der Waals surface area contributed by atoms with Gasteiger partial charge in [-0.25, -0.2) is 4.57 Å². The molecule has 38 heavy (non-hydrogen) atoms. The number of nitrogens with two attached hydrogens (primary N) is 3. The molecule has 2 aromatic rings. The monoisotopic (exact) mass is 580 g/mol. The number of carbonyl (C=O) groups excluding carboxylic acids is 3. The first-order chi connectivity index (χ1) is 18.2. The lowest BCUT2D eigenvalue weighted by atomic mass is 10.0. The van der Waals surface area contributed by atoms with Crippen molar-refractivity contribution in [1.82, 2.24) is 24.6 Å². The van der Waals surface area contributed by atoms with Crippen molar-refractivity contribution < 1.29 is 28.9 Å². The lowest BCUT2D eigenvalue weighted by Crippen LogP contribution is -2.71. The third-order valence-electron chi connectivity index (χ3n) is 5.46. The van der Waals surface area contributed by atoms with Crippen LogP contribution in [-0.2, 0) is 25.8 Å². The van der Waals surface area contributed by atoms with Gasteiger partial charge in [-0.3, -0.25) is 14.5 Å². The van der Waals surface area contributed by atoms with E-state index in [0.29, 0.717) is 23.1 Å². The predicted molar refractivity (Wildman–Crippen MR) is 139 cm³/mol. The third kappa shape index (κ3) is 5.32. The lowest BCUT2D eigenvalue weighted by Gasteiger charge is -2.50. The molecule has 0 spiro atoms. The van der Waals surface area contributed by atoms with Crippen molar-refractivity contribution in [2.45, 2.75) is 36.5 Å². The van der Waals surface area contributed by atoms with Gasteiger partial charge < -0.3 is 37.3 Å². The summed E-state index contributed by atoms with van der Waals surface area (Å²) in [6, 6.07) is 0.554. The molecule has 18 heteroatoms. The summed E-state index contributed by atoms with van der Waals surface area (Å²) in [4.78, 5) is 52.1. The number of anilines is 3. The summed E-state index contributed by atoms with van der Waals surface area (Å²) in [5.74, 6) is -1.74. The Morgan fingerprint density at radius 2 is 2.13 bits per heavy atom. The number of rotatable bonds is 10. The normalized spacial score (nSPS) is 19.2. The van der Waals surface area contributed by atoms with Crippen molar-refractivity contribution in [3.8, 4) is 0 Å². The summed E-state index contributed by atoms with van der Waals surface area (Å²) < 4.78 is 5.74. The van der Waals surface area contributed by atoms with E-state index in [4.69, 9.17) is 22.0 Å². The van der Waals surface area contributed by atoms with Crippen molar-refractivity contribution in [3.63, 3.8) is 0 Å². The van der Waals surface area contributed by atoms with Crippen LogP contribution in [0.4, 0.5) is 16.8 Å². The maximum absolute atomic E-state index is 13.0. The van der Waals surface area contributed by atoms with Gasteiger partial charge in [0.1, 0.15) is 18.5 Å². The second-order valence-electron chi connectivity index (χ2n) is 8.01. The molecule has 2 aliphatic rings. The number of oxime groups is 1. The number of carboxylic acid groups (broad SMARTS) is 1. The van der Waals surface area contributed by atoms with Gasteiger partial charge >= 0.3 is 5.16 Å². The Balaban J connectivity index is 1.52. The number of nitrogens with zero attached hydrogens (tertiary/aromatic N) is 6. The lowest BCUT2D eigenvalue weighted by molar-refractivity contribution is -0.723. The molecule has 0 saturated carbocycles. The smallest absolute Gasteiger partial charge is 0.301 e. The van der Waals surface area contributed by atoms with Crippen molar-refractivity contribution in [2.24, 2.45) is 5.16 Å². The van der Waals surface area contributed by atoms with Crippen LogP contribution in [0.1, 0.15) is 19.2 Å². The quantitative estimate of drug-likeness (QED) is 0.0591. The second-order valence-corrected chi connectivity index (χ2v) is 10.8. The maximum Gasteiger partial charge on any atom is 0.301 e. The van der Waals surface area contributed by atoms with E-state index < -0.39 is 29.2 Å². The van der Waals surface area contributed by atoms with Gasteiger partial charge in [0.05, 0.1) is 24.3 Å². The van der Waals surface area contributed by atoms with Crippen LogP contribution in [0, 0.1) is 0 Å². The Morgan fingerprint density at radius 3 is 2.76 bits per heavy atom. The zero-order valence-corrected chi connectivity index (χ0v) is 22.7. The Labute approximate surface area is 229 Å². The van der Waals surface area contributed by atoms with E-state index in [2.05, 4.69) is 24.8 Å². The van der Waals surface area contributed by atoms with Crippen molar-refractivity contribution in [2.75, 3.05) is 35.8 Å². The van der Waals surface area contributed by atoms with E-state index in [1.807, 2.05) is 6.92 Å². The highest BCUT2D eigenvalue weighted by Crippen LogP contribution is 2.41. The number of thioether (sulfide) groups is 2. The van der Waals surface area contributed by atoms with E-state index >= 15 is 0 Å². The number of amides is 2. The summed E-state index contributed by atoms with van der Waals surface area (Å²) in [6.45, 7) is 2.59. The fourth-order valence-corrected chi connectivity index (χ4v) is 6.83. The molecule has 202 valence electrons. The minimum Gasteiger partial charge on any atom is -0.543 e. The number of carboxylic acids is 1. The molecule has 4 rings (SSSR count). The Morgan fingerprint density at radius 1 is 1.37 bits per heavy atom. The zero-order valence-electron chi connectivity index (χ0n) is 20.2. The molecular formula is C20H24N10O5S3. The number of aliphatic carboxylic acids is 1. The zero-order chi connectivity index (χ0) is 27.6. The number of carbonyl (C=O) groups is 3. The van der Waals surface area contributed by atoms with Crippen molar-refractivity contribution in [1.29, 1.82) is 0 Å². The molecule has 0 aromatic carbocycles. The van der Waals surface area contributed by atoms with Gasteiger partial charge in [-0.2, -0.15) is 9.36 Å². The highest BCUT2D eigenvalue weighted by Gasteiger charge is 2.53. The first-order valence-electron chi connectivity index (χ1n) is 11.1. The van der Waals surface area contributed by atoms with Crippen molar-refractivity contribution >= 4 is 75.3 Å². The summed E-state index contributed by atoms with van der Waals surface area (Å²) in [6.07, 6.45) is 0.802. The standard InChI is InChI=1S/C20H24N10O5S3/c1-3-4-29-10(22)5-9(21)24-20(29)37-7-8-6-36-17-12(16(32)30(17)13(8)18(33)34)25-15(31)11(27-35-2)14-26-19(23)38-28-14/h5,12,17H,3-4,6-7H2,1-2H3,(H7,21,22,23,25,26,28,31,33,34)/b27-11-/t12?,17-/m1/s1. The molecule has 2 atom stereocenters. The molecule has 0 aliphatic carbocycles. The van der Waals surface area contributed by atoms with Crippen LogP contribution in [0.3, 0.4) is 0 Å². The van der Waals surface area contributed by atoms with Gasteiger partial charge in [-0.15, -0.1) is 11.8 Å². The Kier molecular flexibility index (Phi) is 8.22. The van der Waals surface area contributed by atoms with Crippen LogP contribution in [0.15, 0.2) is 27.6 Å². The molecule has 7 N–H and O–H groups in total. The summed E-state index contributed by atoms with van der Waals surface area (Å²) in [7, 11) is 1.24. The van der Waals surface area contributed by atoms with E-state index in [0.717, 1.165) is 22.9 Å². The molecule has 2 aliphatic heterocycles. The molecule has 2 aromatic heterocycles. The molecular weight excluding hydrogens is 556 g/mol. The SMILES string of the molecule is CCC[n+]1c(N)cc(N)nc1SCC1=C(C(=O)[O-])N2C(=O)C(NC(=O)/C(=N\OC)c3nsc(N)n3)[C@H]2SC1. The first kappa shape index (κ1) is 27.4. The predicted octanol–water partition coefficient (Wildman–Crippen LogP) is -2.08. The highest BCUT2D eigenvalue weighted by molar-refractivity contribution is 8.01. The largest absolute Gasteiger partial charge is 0.543 e. The van der Waals surface area contributed by atoms with Crippen LogP contribution in [-0.4, -0.2) is 72.8 Å². The number of β-lactam (4-membered cyclic amide) rings is 1. The molecule has 1 unspecified atom stereocenters. The molecule has 1 fully saturated rings. The van der Waals surface area contributed by atoms with Gasteiger partial charge in [-0.1, -0.05) is 17.1 Å². The number of aromatic nitrogens is 4. The summed E-state index contributed by atoms with van der Waals surface area (Å²) in [5.41, 5.74) is 17.5. The number of hydrogen-bond acceptors (Lipinski definition) is 15. The second kappa shape index (κ2) is 11.4. The van der Waals surface area contributed by atoms with Gasteiger partial charge in [-0.05, 0) is 23.8 Å². The van der Waals surface area contributed by atoms with Crippen LogP contribution < -0.4 is 32.2 Å². The average molecular weight is 581 g/mol. The number of hydrogen-bond donors (Lipinski definition) is 4. The molecule has 15 nitrogen and oxygen atoms in total. The first-order valence-corrected chi connectivity index (χ1v) is 13.9. The summed E-state index contributed by atoms with van der Waals surface area (Å²) >= 11 is 3.44.